The summed E-state index contributed by atoms with van der Waals surface area (Å²) in [5, 5.41) is 26.3. The van der Waals surface area contributed by atoms with E-state index in [2.05, 4.69) is 20.5 Å². The van der Waals surface area contributed by atoms with Gasteiger partial charge in [0, 0.05) is 5.56 Å². The van der Waals surface area contributed by atoms with Crippen LogP contribution < -0.4 is 25.2 Å². The molecule has 0 spiro atoms. The fraction of sp³-hybridized carbons (Fsp3) is 0.395. The molecule has 320 valence electrons. The fourth-order valence-corrected chi connectivity index (χ4v) is 6.37. The van der Waals surface area contributed by atoms with Gasteiger partial charge in [-0.25, -0.2) is 14.2 Å². The van der Waals surface area contributed by atoms with E-state index < -0.39 is 73.6 Å². The fourth-order valence-electron chi connectivity index (χ4n) is 5.96. The summed E-state index contributed by atoms with van der Waals surface area (Å²) in [6.07, 6.45) is 1.89. The molecule has 1 heterocycles. The smallest absolute Gasteiger partial charge is 0.493 e. The van der Waals surface area contributed by atoms with E-state index in [-0.39, 0.29) is 66.5 Å². The molecule has 2 aromatic carbocycles. The molecule has 7 N–H and O–H groups in total. The van der Waals surface area contributed by atoms with Gasteiger partial charge in [-0.1, -0.05) is 51.3 Å². The first-order chi connectivity index (χ1) is 27.9. The average Bonchev–Trinajstić information content (AvgIpc) is 3.67. The third-order valence-corrected chi connectivity index (χ3v) is 9.18. The number of rotatable bonds is 24. The summed E-state index contributed by atoms with van der Waals surface area (Å²) in [5.41, 5.74) is 0.186. The van der Waals surface area contributed by atoms with Crippen molar-refractivity contribution in [2.24, 2.45) is 5.92 Å². The van der Waals surface area contributed by atoms with Gasteiger partial charge >= 0.3 is 25.7 Å². The number of nitrogens with zero attached hydrogens (tertiary/aromatic N) is 1. The quantitative estimate of drug-likeness (QED) is 0.0222. The number of furan rings is 1. The summed E-state index contributed by atoms with van der Waals surface area (Å²) in [6, 6.07) is 8.36. The molecule has 3 atom stereocenters. The predicted octanol–water partition coefficient (Wildman–Crippen LogP) is 3.79. The van der Waals surface area contributed by atoms with E-state index in [4.69, 9.17) is 19.1 Å². The van der Waals surface area contributed by atoms with Crippen LogP contribution in [0, 0.1) is 12.8 Å². The van der Waals surface area contributed by atoms with Crippen molar-refractivity contribution in [1.29, 1.82) is 0 Å². The number of amides is 4. The predicted molar refractivity (Wildman–Crippen MR) is 206 cm³/mol. The molecule has 0 fully saturated rings. The number of benzene rings is 2. The van der Waals surface area contributed by atoms with E-state index in [1.54, 1.807) is 13.8 Å². The molecule has 0 aliphatic carbocycles. The number of aliphatic carboxylic acids is 2. The van der Waals surface area contributed by atoms with Crippen molar-refractivity contribution < 1.29 is 76.6 Å². The van der Waals surface area contributed by atoms with Gasteiger partial charge in [-0.15, -0.1) is 0 Å². The third kappa shape index (κ3) is 13.7. The Balaban J connectivity index is 1.73. The molecule has 4 amide bonds. The van der Waals surface area contributed by atoms with Crippen LogP contribution >= 0.6 is 7.82 Å². The highest BCUT2D eigenvalue weighted by Crippen LogP contribution is 2.40. The van der Waals surface area contributed by atoms with Gasteiger partial charge in [-0.2, -0.15) is 5.06 Å². The van der Waals surface area contributed by atoms with Crippen LogP contribution in [0.25, 0.3) is 11.3 Å². The Bertz CT molecular complexity index is 2050. The minimum atomic E-state index is -5.08. The van der Waals surface area contributed by atoms with Gasteiger partial charge < -0.3 is 44.7 Å². The molecule has 0 aliphatic rings. The number of carbonyl (C=O) groups is 7. The number of phosphoric ester groups is 1. The summed E-state index contributed by atoms with van der Waals surface area (Å²) < 4.78 is 27.5. The van der Waals surface area contributed by atoms with E-state index in [9.17, 15) is 53.0 Å². The second kappa shape index (κ2) is 22.1. The molecule has 21 heteroatoms. The molecule has 3 rings (SSSR count). The lowest BCUT2D eigenvalue weighted by atomic mass is 9.90. The summed E-state index contributed by atoms with van der Waals surface area (Å²) in [5.74, 6) is -7.67. The SMILES string of the molecule is CCCCC[C@@H](C(=O)NCNC(=O)c1ccc(-c2ccc(C(=O)N[C@@H](CC(=O)O)C(=O)O)c(OCC)c2)o1)[C@@H](CC)N(C=O)OC(=O)c1c(C)cccc1OP(=O)(O)O. The van der Waals surface area contributed by atoms with Crippen molar-refractivity contribution >= 4 is 49.9 Å². The highest BCUT2D eigenvalue weighted by atomic mass is 31.2. The maximum atomic E-state index is 13.6. The summed E-state index contributed by atoms with van der Waals surface area (Å²) in [4.78, 5) is 112. The van der Waals surface area contributed by atoms with Gasteiger partial charge in [-0.05, 0) is 62.6 Å². The number of carboxylic acids is 2. The van der Waals surface area contributed by atoms with Gasteiger partial charge in [-0.3, -0.25) is 33.8 Å². The number of carbonyl (C=O) groups excluding carboxylic acids is 5. The lowest BCUT2D eigenvalue weighted by Crippen LogP contribution is -2.49. The second-order valence-electron chi connectivity index (χ2n) is 12.9. The highest BCUT2D eigenvalue weighted by Gasteiger charge is 2.35. The first-order valence-electron chi connectivity index (χ1n) is 18.4. The van der Waals surface area contributed by atoms with Crippen LogP contribution in [-0.2, 0) is 28.6 Å². The van der Waals surface area contributed by atoms with Crippen LogP contribution in [0.3, 0.4) is 0 Å². The molecular formula is C38H47N4O16P. The standard InChI is InChI=1S/C38H47N4O16P/c1-5-8-9-12-24(27(6-2)42(21-43)57-38(51)33-22(4)11-10-13-29(33)58-59(52,53)54)34(46)39-20-40-36(48)30-17-16-28(56-30)23-14-15-25(31(18-23)55-7-3)35(47)41-26(37(49)50)19-32(44)45/h10-11,13-18,21,24,26-27H,5-9,12,19-20H2,1-4H3,(H,39,46)(H,40,48)(H,41,47)(H,44,45)(H,49,50)(H2,52,53,54)/t24-,26+,27-/m1/s1. The Morgan fingerprint density at radius 1 is 0.932 bits per heavy atom. The van der Waals surface area contributed by atoms with Crippen LogP contribution in [-0.4, -0.2) is 92.5 Å². The number of hydrogen-bond acceptors (Lipinski definition) is 12. The van der Waals surface area contributed by atoms with Crippen LogP contribution in [0.4, 0.5) is 0 Å². The monoisotopic (exact) mass is 846 g/mol. The van der Waals surface area contributed by atoms with Gasteiger partial charge in [0.2, 0.25) is 12.3 Å². The van der Waals surface area contributed by atoms with E-state index in [1.807, 2.05) is 6.92 Å². The van der Waals surface area contributed by atoms with Crippen LogP contribution in [0.2, 0.25) is 0 Å². The number of aryl methyl sites for hydroxylation is 1. The van der Waals surface area contributed by atoms with Gasteiger partial charge in [0.15, 0.2) is 5.76 Å². The minimum absolute atomic E-state index is 0.0303. The third-order valence-electron chi connectivity index (χ3n) is 8.75. The number of hydroxylamine groups is 2. The summed E-state index contributed by atoms with van der Waals surface area (Å²) >= 11 is 0. The topological polar surface area (TPSA) is 298 Å². The number of nitrogens with one attached hydrogen (secondary N) is 3. The first-order valence-corrected chi connectivity index (χ1v) is 20.0. The number of phosphoric acid groups is 1. The number of unbranched alkanes of at least 4 members (excludes halogenated alkanes) is 2. The van der Waals surface area contributed by atoms with Crippen molar-refractivity contribution in [2.75, 3.05) is 13.3 Å². The molecule has 0 unspecified atom stereocenters. The maximum absolute atomic E-state index is 13.6. The van der Waals surface area contributed by atoms with E-state index >= 15 is 0 Å². The number of hydrogen-bond donors (Lipinski definition) is 7. The molecule has 20 nitrogen and oxygen atoms in total. The summed E-state index contributed by atoms with van der Waals surface area (Å²) in [7, 11) is -5.08. The maximum Gasteiger partial charge on any atom is 0.524 e. The van der Waals surface area contributed by atoms with Crippen molar-refractivity contribution in [3.05, 3.63) is 71.0 Å². The second-order valence-corrected chi connectivity index (χ2v) is 14.1. The largest absolute Gasteiger partial charge is 0.524 e. The zero-order chi connectivity index (χ0) is 43.9. The van der Waals surface area contributed by atoms with Crippen molar-refractivity contribution in [3.8, 4) is 22.8 Å². The van der Waals surface area contributed by atoms with Crippen molar-refractivity contribution in [3.63, 3.8) is 0 Å². The van der Waals surface area contributed by atoms with E-state index in [0.717, 1.165) is 18.9 Å². The lowest BCUT2D eigenvalue weighted by molar-refractivity contribution is -0.171. The van der Waals surface area contributed by atoms with Crippen molar-refractivity contribution in [1.82, 2.24) is 21.0 Å². The van der Waals surface area contributed by atoms with Gasteiger partial charge in [0.25, 0.3) is 11.8 Å². The molecule has 0 aliphatic heterocycles. The summed E-state index contributed by atoms with van der Waals surface area (Å²) in [6.45, 7) is 6.47. The molecule has 0 radical (unpaired) electrons. The average molecular weight is 847 g/mol. The molecule has 0 saturated carbocycles. The Hall–Kier alpha value is -6.24. The van der Waals surface area contributed by atoms with Crippen LogP contribution in [0.5, 0.6) is 11.5 Å². The zero-order valence-corrected chi connectivity index (χ0v) is 33.6. The van der Waals surface area contributed by atoms with Gasteiger partial charge in [0.1, 0.15) is 28.9 Å². The Morgan fingerprint density at radius 3 is 2.27 bits per heavy atom. The zero-order valence-electron chi connectivity index (χ0n) is 32.7. The first kappa shape index (κ1) is 47.1. The molecule has 0 saturated heterocycles. The van der Waals surface area contributed by atoms with Crippen LogP contribution in [0.15, 0.2) is 52.9 Å². The Kier molecular flexibility index (Phi) is 17.6. The number of ether oxygens (including phenoxy) is 1. The Labute approximate surface area is 338 Å². The highest BCUT2D eigenvalue weighted by molar-refractivity contribution is 7.46. The number of carboxylic acid groups (broad SMARTS) is 2. The molecule has 59 heavy (non-hydrogen) atoms. The molecule has 0 bridgehead atoms. The van der Waals surface area contributed by atoms with Gasteiger partial charge in [0.05, 0.1) is 37.2 Å². The van der Waals surface area contributed by atoms with E-state index in [1.165, 1.54) is 49.4 Å². The van der Waals surface area contributed by atoms with Crippen LogP contribution in [0.1, 0.15) is 96.1 Å². The lowest BCUT2D eigenvalue weighted by Gasteiger charge is -2.32. The minimum Gasteiger partial charge on any atom is -0.493 e. The normalized spacial score (nSPS) is 12.6. The van der Waals surface area contributed by atoms with E-state index in [0.29, 0.717) is 17.0 Å². The Morgan fingerprint density at radius 2 is 1.66 bits per heavy atom. The molecular weight excluding hydrogens is 799 g/mol. The molecule has 3 aromatic rings. The van der Waals surface area contributed by atoms with Crippen molar-refractivity contribution in [2.45, 2.75) is 78.3 Å². The molecule has 1 aromatic heterocycles.